The third-order valence-corrected chi connectivity index (χ3v) is 6.22. The van der Waals surface area contributed by atoms with Crippen molar-refractivity contribution in [3.63, 3.8) is 0 Å². The SMILES string of the molecule is CCNC1CCCCCC1S(=O)(=O)C(C)C. The van der Waals surface area contributed by atoms with E-state index in [2.05, 4.69) is 5.32 Å². The summed E-state index contributed by atoms with van der Waals surface area (Å²) in [6.45, 7) is 6.49. The summed E-state index contributed by atoms with van der Waals surface area (Å²) in [7, 11) is -2.96. The van der Waals surface area contributed by atoms with E-state index >= 15 is 0 Å². The van der Waals surface area contributed by atoms with Crippen LogP contribution in [0.25, 0.3) is 0 Å². The second-order valence-electron chi connectivity index (χ2n) is 4.98. The summed E-state index contributed by atoms with van der Waals surface area (Å²) >= 11 is 0. The Hall–Kier alpha value is -0.0900. The van der Waals surface area contributed by atoms with Crippen molar-refractivity contribution in [3.05, 3.63) is 0 Å². The van der Waals surface area contributed by atoms with Gasteiger partial charge in [-0.1, -0.05) is 26.2 Å². The van der Waals surface area contributed by atoms with Crippen LogP contribution < -0.4 is 5.32 Å². The number of sulfone groups is 1. The van der Waals surface area contributed by atoms with Crippen molar-refractivity contribution in [2.24, 2.45) is 0 Å². The quantitative estimate of drug-likeness (QED) is 0.774. The molecule has 2 atom stereocenters. The summed E-state index contributed by atoms with van der Waals surface area (Å²) in [6, 6.07) is 0.167. The largest absolute Gasteiger partial charge is 0.313 e. The maximum Gasteiger partial charge on any atom is 0.156 e. The maximum absolute atomic E-state index is 12.3. The Kier molecular flexibility index (Phi) is 5.25. The molecule has 4 heteroatoms. The molecule has 0 saturated heterocycles. The molecule has 16 heavy (non-hydrogen) atoms. The molecule has 0 aromatic rings. The number of nitrogens with one attached hydrogen (secondary N) is 1. The summed E-state index contributed by atoms with van der Waals surface area (Å²) < 4.78 is 24.6. The minimum absolute atomic E-state index is 0.167. The van der Waals surface area contributed by atoms with Gasteiger partial charge in [-0.15, -0.1) is 0 Å². The highest BCUT2D eigenvalue weighted by molar-refractivity contribution is 7.92. The fourth-order valence-electron chi connectivity index (χ4n) is 2.51. The van der Waals surface area contributed by atoms with Crippen molar-refractivity contribution >= 4 is 9.84 Å². The molecule has 2 unspecified atom stereocenters. The molecule has 0 spiro atoms. The van der Waals surface area contributed by atoms with Crippen LogP contribution in [0.2, 0.25) is 0 Å². The van der Waals surface area contributed by atoms with E-state index < -0.39 is 9.84 Å². The van der Waals surface area contributed by atoms with E-state index in [0.717, 1.165) is 32.2 Å². The Morgan fingerprint density at radius 1 is 1.19 bits per heavy atom. The Morgan fingerprint density at radius 2 is 1.81 bits per heavy atom. The third kappa shape index (κ3) is 3.20. The highest BCUT2D eigenvalue weighted by Gasteiger charge is 2.35. The fraction of sp³-hybridized carbons (Fsp3) is 1.00. The molecular weight excluding hydrogens is 222 g/mol. The summed E-state index contributed by atoms with van der Waals surface area (Å²) in [5.41, 5.74) is 0. The van der Waals surface area contributed by atoms with E-state index in [9.17, 15) is 8.42 Å². The van der Waals surface area contributed by atoms with Crippen molar-refractivity contribution in [2.75, 3.05) is 6.54 Å². The first-order chi connectivity index (χ1) is 7.50. The molecule has 0 amide bonds. The highest BCUT2D eigenvalue weighted by atomic mass is 32.2. The normalized spacial score (nSPS) is 28.0. The monoisotopic (exact) mass is 247 g/mol. The first-order valence-corrected chi connectivity index (χ1v) is 8.07. The lowest BCUT2D eigenvalue weighted by Crippen LogP contribution is -2.45. The average molecular weight is 247 g/mol. The molecule has 0 heterocycles. The van der Waals surface area contributed by atoms with E-state index in [1.807, 2.05) is 6.92 Å². The predicted molar refractivity (Wildman–Crippen MR) is 68.4 cm³/mol. The van der Waals surface area contributed by atoms with Crippen LogP contribution in [0.15, 0.2) is 0 Å². The summed E-state index contributed by atoms with van der Waals surface area (Å²) in [5.74, 6) is 0. The molecule has 1 saturated carbocycles. The van der Waals surface area contributed by atoms with Crippen molar-refractivity contribution < 1.29 is 8.42 Å². The van der Waals surface area contributed by atoms with Crippen LogP contribution in [0.1, 0.15) is 52.9 Å². The second kappa shape index (κ2) is 6.01. The minimum atomic E-state index is -2.96. The van der Waals surface area contributed by atoms with Crippen molar-refractivity contribution in [2.45, 2.75) is 69.4 Å². The van der Waals surface area contributed by atoms with Gasteiger partial charge in [0.05, 0.1) is 10.5 Å². The lowest BCUT2D eigenvalue weighted by atomic mass is 10.1. The molecule has 1 aliphatic rings. The van der Waals surface area contributed by atoms with Crippen LogP contribution >= 0.6 is 0 Å². The van der Waals surface area contributed by atoms with Gasteiger partial charge in [0.15, 0.2) is 9.84 Å². The standard InChI is InChI=1S/C12H25NO2S/c1-4-13-11-8-6-5-7-9-12(11)16(14,15)10(2)3/h10-13H,4-9H2,1-3H3. The van der Waals surface area contributed by atoms with Crippen LogP contribution in [0.4, 0.5) is 0 Å². The molecule has 96 valence electrons. The molecule has 1 fully saturated rings. The Bertz CT molecular complexity index is 298. The molecule has 3 nitrogen and oxygen atoms in total. The smallest absolute Gasteiger partial charge is 0.156 e. The Morgan fingerprint density at radius 3 is 2.38 bits per heavy atom. The predicted octanol–water partition coefficient (Wildman–Crippen LogP) is 2.12. The van der Waals surface area contributed by atoms with Crippen molar-refractivity contribution in [1.82, 2.24) is 5.32 Å². The number of hydrogen-bond acceptors (Lipinski definition) is 3. The van der Waals surface area contributed by atoms with E-state index in [1.54, 1.807) is 13.8 Å². The molecule has 0 radical (unpaired) electrons. The fourth-order valence-corrected chi connectivity index (χ4v) is 4.40. The zero-order valence-electron chi connectivity index (χ0n) is 10.7. The molecule has 1 N–H and O–H groups in total. The van der Waals surface area contributed by atoms with Gasteiger partial charge in [0.1, 0.15) is 0 Å². The van der Waals surface area contributed by atoms with Gasteiger partial charge in [-0.25, -0.2) is 8.42 Å². The van der Waals surface area contributed by atoms with Gasteiger partial charge in [-0.2, -0.15) is 0 Å². The van der Waals surface area contributed by atoms with Crippen LogP contribution in [-0.4, -0.2) is 31.5 Å². The van der Waals surface area contributed by atoms with Crippen LogP contribution in [0, 0.1) is 0 Å². The molecular formula is C12H25NO2S. The van der Waals surface area contributed by atoms with Gasteiger partial charge in [-0.3, -0.25) is 0 Å². The molecule has 1 aliphatic carbocycles. The molecule has 1 rings (SSSR count). The third-order valence-electron chi connectivity index (χ3n) is 3.50. The lowest BCUT2D eigenvalue weighted by molar-refractivity contribution is 0.457. The molecule has 0 aliphatic heterocycles. The van der Waals surface area contributed by atoms with Crippen LogP contribution in [0.5, 0.6) is 0 Å². The highest BCUT2D eigenvalue weighted by Crippen LogP contribution is 2.26. The molecule has 0 aromatic carbocycles. The summed E-state index contributed by atoms with van der Waals surface area (Å²) in [5, 5.41) is 2.93. The van der Waals surface area contributed by atoms with E-state index in [4.69, 9.17) is 0 Å². The zero-order valence-corrected chi connectivity index (χ0v) is 11.5. The Labute approximate surface area is 99.9 Å². The minimum Gasteiger partial charge on any atom is -0.313 e. The average Bonchev–Trinajstić information content (AvgIpc) is 2.44. The first-order valence-electron chi connectivity index (χ1n) is 6.46. The van der Waals surface area contributed by atoms with Gasteiger partial charge >= 0.3 is 0 Å². The van der Waals surface area contributed by atoms with Gasteiger partial charge < -0.3 is 5.32 Å². The Balaban J connectivity index is 2.86. The number of rotatable bonds is 4. The van der Waals surface area contributed by atoms with Gasteiger partial charge in [-0.05, 0) is 33.2 Å². The van der Waals surface area contributed by atoms with Gasteiger partial charge in [0.25, 0.3) is 0 Å². The first kappa shape index (κ1) is 14.0. The summed E-state index contributed by atoms with van der Waals surface area (Å²) in [6.07, 6.45) is 5.22. The van der Waals surface area contributed by atoms with E-state index in [0.29, 0.717) is 0 Å². The van der Waals surface area contributed by atoms with Crippen LogP contribution in [-0.2, 0) is 9.84 Å². The zero-order chi connectivity index (χ0) is 12.2. The second-order valence-corrected chi connectivity index (χ2v) is 7.70. The van der Waals surface area contributed by atoms with Crippen molar-refractivity contribution in [1.29, 1.82) is 0 Å². The van der Waals surface area contributed by atoms with Gasteiger partial charge in [0, 0.05) is 6.04 Å². The molecule has 0 bridgehead atoms. The summed E-state index contributed by atoms with van der Waals surface area (Å²) in [4.78, 5) is 0. The number of hydrogen-bond donors (Lipinski definition) is 1. The lowest BCUT2D eigenvalue weighted by Gasteiger charge is -2.27. The van der Waals surface area contributed by atoms with E-state index in [-0.39, 0.29) is 16.5 Å². The van der Waals surface area contributed by atoms with Gasteiger partial charge in [0.2, 0.25) is 0 Å². The van der Waals surface area contributed by atoms with Crippen LogP contribution in [0.3, 0.4) is 0 Å². The maximum atomic E-state index is 12.3. The topological polar surface area (TPSA) is 46.2 Å². The van der Waals surface area contributed by atoms with E-state index in [1.165, 1.54) is 6.42 Å². The van der Waals surface area contributed by atoms with Crippen molar-refractivity contribution in [3.8, 4) is 0 Å². The molecule has 0 aromatic heterocycles.